The highest BCUT2D eigenvalue weighted by molar-refractivity contribution is 7.89. The van der Waals surface area contributed by atoms with E-state index in [-0.39, 0.29) is 0 Å². The first kappa shape index (κ1) is 17.4. The average Bonchev–Trinajstić information content (AvgIpc) is 2.50. The molecule has 0 bridgehead atoms. The highest BCUT2D eigenvalue weighted by Gasteiger charge is 2.23. The number of hydrogen-bond acceptors (Lipinski definition) is 3. The predicted octanol–water partition coefficient (Wildman–Crippen LogP) is 3.40. The SMILES string of the molecule is CCOc1cccc(C(C)NS(=O)(=O)c2cc(F)ccc2F)c1. The second kappa shape index (κ2) is 7.06. The molecule has 1 N–H and O–H groups in total. The Morgan fingerprint density at radius 2 is 1.91 bits per heavy atom. The van der Waals surface area contributed by atoms with Crippen LogP contribution in [0.3, 0.4) is 0 Å². The summed E-state index contributed by atoms with van der Waals surface area (Å²) in [6, 6.07) is 8.56. The lowest BCUT2D eigenvalue weighted by atomic mass is 10.1. The van der Waals surface area contributed by atoms with Crippen molar-refractivity contribution in [1.29, 1.82) is 0 Å². The summed E-state index contributed by atoms with van der Waals surface area (Å²) in [7, 11) is -4.19. The Balaban J connectivity index is 2.26. The predicted molar refractivity (Wildman–Crippen MR) is 82.7 cm³/mol. The molecule has 1 atom stereocenters. The Labute approximate surface area is 134 Å². The van der Waals surface area contributed by atoms with Crippen LogP contribution in [-0.4, -0.2) is 15.0 Å². The molecule has 1 unspecified atom stereocenters. The first-order chi connectivity index (χ1) is 10.8. The molecular formula is C16H17F2NO3S. The van der Waals surface area contributed by atoms with Gasteiger partial charge in [-0.15, -0.1) is 0 Å². The van der Waals surface area contributed by atoms with Gasteiger partial charge in [-0.1, -0.05) is 12.1 Å². The number of sulfonamides is 1. The number of ether oxygens (including phenoxy) is 1. The van der Waals surface area contributed by atoms with Gasteiger partial charge < -0.3 is 4.74 Å². The van der Waals surface area contributed by atoms with E-state index >= 15 is 0 Å². The lowest BCUT2D eigenvalue weighted by Gasteiger charge is -2.16. The molecule has 2 rings (SSSR count). The van der Waals surface area contributed by atoms with Crippen molar-refractivity contribution in [1.82, 2.24) is 4.72 Å². The first-order valence-corrected chi connectivity index (χ1v) is 8.52. The van der Waals surface area contributed by atoms with Gasteiger partial charge in [0.05, 0.1) is 6.61 Å². The summed E-state index contributed by atoms with van der Waals surface area (Å²) >= 11 is 0. The second-order valence-electron chi connectivity index (χ2n) is 4.92. The molecule has 0 aliphatic heterocycles. The Bertz CT molecular complexity index is 794. The van der Waals surface area contributed by atoms with Crippen LogP contribution in [0, 0.1) is 11.6 Å². The van der Waals surface area contributed by atoms with Crippen LogP contribution in [-0.2, 0) is 10.0 Å². The zero-order valence-electron chi connectivity index (χ0n) is 12.7. The normalized spacial score (nSPS) is 12.9. The summed E-state index contributed by atoms with van der Waals surface area (Å²) in [6.45, 7) is 3.93. The van der Waals surface area contributed by atoms with Gasteiger partial charge in [-0.3, -0.25) is 0 Å². The third kappa shape index (κ3) is 4.27. The van der Waals surface area contributed by atoms with Crippen LogP contribution < -0.4 is 9.46 Å². The van der Waals surface area contributed by atoms with E-state index in [1.165, 1.54) is 0 Å². The summed E-state index contributed by atoms with van der Waals surface area (Å²) < 4.78 is 59.1. The van der Waals surface area contributed by atoms with Crippen LogP contribution in [0.4, 0.5) is 8.78 Å². The minimum absolute atomic E-state index is 0.484. The standard InChI is InChI=1S/C16H17F2NO3S/c1-3-22-14-6-4-5-12(9-14)11(2)19-23(20,21)16-10-13(17)7-8-15(16)18/h4-11,19H,3H2,1-2H3. The van der Waals surface area contributed by atoms with Crippen molar-refractivity contribution in [3.63, 3.8) is 0 Å². The van der Waals surface area contributed by atoms with Gasteiger partial charge in [0, 0.05) is 6.04 Å². The van der Waals surface area contributed by atoms with Crippen molar-refractivity contribution >= 4 is 10.0 Å². The fraction of sp³-hybridized carbons (Fsp3) is 0.250. The number of nitrogens with one attached hydrogen (secondary N) is 1. The maximum Gasteiger partial charge on any atom is 0.244 e. The van der Waals surface area contributed by atoms with Gasteiger partial charge in [0.2, 0.25) is 10.0 Å². The van der Waals surface area contributed by atoms with Gasteiger partial charge in [0.1, 0.15) is 22.3 Å². The molecule has 0 fully saturated rings. The van der Waals surface area contributed by atoms with Gasteiger partial charge in [-0.25, -0.2) is 21.9 Å². The molecule has 2 aromatic rings. The highest BCUT2D eigenvalue weighted by atomic mass is 32.2. The number of halogens is 2. The largest absolute Gasteiger partial charge is 0.494 e. The molecule has 0 heterocycles. The Morgan fingerprint density at radius 3 is 2.61 bits per heavy atom. The van der Waals surface area contributed by atoms with Crippen molar-refractivity contribution < 1.29 is 21.9 Å². The molecule has 0 aliphatic carbocycles. The van der Waals surface area contributed by atoms with E-state index in [1.807, 2.05) is 6.92 Å². The Hall–Kier alpha value is -1.99. The summed E-state index contributed by atoms with van der Waals surface area (Å²) in [5.41, 5.74) is 0.649. The van der Waals surface area contributed by atoms with Crippen LogP contribution in [0.25, 0.3) is 0 Å². The van der Waals surface area contributed by atoms with Crippen LogP contribution in [0.1, 0.15) is 25.5 Å². The zero-order chi connectivity index (χ0) is 17.0. The minimum Gasteiger partial charge on any atom is -0.494 e. The molecule has 2 aromatic carbocycles. The fourth-order valence-electron chi connectivity index (χ4n) is 2.09. The van der Waals surface area contributed by atoms with E-state index in [9.17, 15) is 17.2 Å². The van der Waals surface area contributed by atoms with Crippen molar-refractivity contribution in [3.8, 4) is 5.75 Å². The molecule has 23 heavy (non-hydrogen) atoms. The number of benzene rings is 2. The molecule has 0 radical (unpaired) electrons. The molecule has 0 saturated carbocycles. The van der Waals surface area contributed by atoms with Crippen LogP contribution in [0.2, 0.25) is 0 Å². The monoisotopic (exact) mass is 341 g/mol. The first-order valence-electron chi connectivity index (χ1n) is 7.03. The molecule has 7 heteroatoms. The molecule has 0 saturated heterocycles. The number of rotatable bonds is 6. The smallest absolute Gasteiger partial charge is 0.244 e. The third-order valence-corrected chi connectivity index (χ3v) is 4.74. The molecule has 0 spiro atoms. The molecule has 0 aliphatic rings. The van der Waals surface area contributed by atoms with E-state index in [2.05, 4.69) is 4.72 Å². The maximum absolute atomic E-state index is 13.7. The van der Waals surface area contributed by atoms with Gasteiger partial charge in [-0.2, -0.15) is 0 Å². The lowest BCUT2D eigenvalue weighted by Crippen LogP contribution is -2.27. The molecule has 4 nitrogen and oxygen atoms in total. The van der Waals surface area contributed by atoms with Crippen molar-refractivity contribution in [2.75, 3.05) is 6.61 Å². The van der Waals surface area contributed by atoms with Crippen LogP contribution in [0.5, 0.6) is 5.75 Å². The minimum atomic E-state index is -4.19. The van der Waals surface area contributed by atoms with E-state index < -0.39 is 32.6 Å². The van der Waals surface area contributed by atoms with Gasteiger partial charge in [-0.05, 0) is 49.7 Å². The summed E-state index contributed by atoms with van der Waals surface area (Å²) in [4.78, 5) is -0.717. The zero-order valence-corrected chi connectivity index (χ0v) is 13.5. The van der Waals surface area contributed by atoms with Crippen molar-refractivity contribution in [2.45, 2.75) is 24.8 Å². The summed E-state index contributed by atoms with van der Waals surface area (Å²) in [6.07, 6.45) is 0. The average molecular weight is 341 g/mol. The Morgan fingerprint density at radius 1 is 1.17 bits per heavy atom. The summed E-state index contributed by atoms with van der Waals surface area (Å²) in [5, 5.41) is 0. The van der Waals surface area contributed by atoms with E-state index in [1.54, 1.807) is 31.2 Å². The molecular weight excluding hydrogens is 324 g/mol. The van der Waals surface area contributed by atoms with Crippen LogP contribution in [0.15, 0.2) is 47.4 Å². The lowest BCUT2D eigenvalue weighted by molar-refractivity contribution is 0.339. The maximum atomic E-state index is 13.7. The van der Waals surface area contributed by atoms with E-state index in [4.69, 9.17) is 4.74 Å². The van der Waals surface area contributed by atoms with Crippen molar-refractivity contribution in [2.24, 2.45) is 0 Å². The Kier molecular flexibility index (Phi) is 5.33. The van der Waals surface area contributed by atoms with Crippen molar-refractivity contribution in [3.05, 3.63) is 59.7 Å². The van der Waals surface area contributed by atoms with Crippen LogP contribution >= 0.6 is 0 Å². The number of hydrogen-bond donors (Lipinski definition) is 1. The van der Waals surface area contributed by atoms with Gasteiger partial charge in [0.25, 0.3) is 0 Å². The highest BCUT2D eigenvalue weighted by Crippen LogP contribution is 2.22. The molecule has 124 valence electrons. The van der Waals surface area contributed by atoms with E-state index in [0.29, 0.717) is 24.0 Å². The van der Waals surface area contributed by atoms with Gasteiger partial charge in [0.15, 0.2) is 0 Å². The quantitative estimate of drug-likeness (QED) is 0.876. The molecule has 0 aromatic heterocycles. The third-order valence-electron chi connectivity index (χ3n) is 3.18. The summed E-state index contributed by atoms with van der Waals surface area (Å²) in [5.74, 6) is -1.22. The van der Waals surface area contributed by atoms with E-state index in [0.717, 1.165) is 12.1 Å². The molecule has 0 amide bonds. The fourth-order valence-corrected chi connectivity index (χ4v) is 3.41. The topological polar surface area (TPSA) is 55.4 Å². The second-order valence-corrected chi connectivity index (χ2v) is 6.61. The van der Waals surface area contributed by atoms with Gasteiger partial charge >= 0.3 is 0 Å².